The Hall–Kier alpha value is -2.20. The summed E-state index contributed by atoms with van der Waals surface area (Å²) in [5, 5.41) is 0.717. The lowest BCUT2D eigenvalue weighted by Gasteiger charge is -2.27. The predicted molar refractivity (Wildman–Crippen MR) is 73.3 cm³/mol. The average molecular weight is 331 g/mol. The molecule has 1 saturated heterocycles. The van der Waals surface area contributed by atoms with Gasteiger partial charge in [0.15, 0.2) is 0 Å². The van der Waals surface area contributed by atoms with Crippen LogP contribution in [0.2, 0.25) is 0 Å². The number of nitrogens with zero attached hydrogens (tertiary/aromatic N) is 2. The Kier molecular flexibility index (Phi) is 5.16. The maximum Gasteiger partial charge on any atom is 0.371 e. The molecule has 1 fully saturated rings. The minimum absolute atomic E-state index is 0.111. The topological polar surface area (TPSA) is 111 Å². The summed E-state index contributed by atoms with van der Waals surface area (Å²) in [5.74, 6) is -1.96. The molecule has 0 aliphatic carbocycles. The van der Waals surface area contributed by atoms with Gasteiger partial charge >= 0.3 is 18.4 Å². The summed E-state index contributed by atoms with van der Waals surface area (Å²) < 4.78 is 23.0. The van der Waals surface area contributed by atoms with Crippen LogP contribution in [0.1, 0.15) is 6.92 Å². The number of ether oxygens (including phenoxy) is 2. The Bertz CT molecular complexity index is 540. The number of carbonyl (C=O) groups is 3. The highest BCUT2D eigenvalue weighted by Crippen LogP contribution is 2.29. The molecular weight excluding hydrogens is 313 g/mol. The molecule has 128 valence electrons. The van der Waals surface area contributed by atoms with Crippen molar-refractivity contribution in [3.8, 4) is 0 Å². The predicted octanol–water partition coefficient (Wildman–Crippen LogP) is -0.677. The molecule has 0 aromatic rings. The monoisotopic (exact) mass is 331 g/mol. The van der Waals surface area contributed by atoms with E-state index in [9.17, 15) is 18.8 Å². The number of esters is 1. The summed E-state index contributed by atoms with van der Waals surface area (Å²) in [6.07, 6.45) is -0.878. The molecule has 1 unspecified atom stereocenters. The molecule has 2 aliphatic heterocycles. The number of nitrogens with two attached hydrogens (primary N) is 1. The third-order valence-corrected chi connectivity index (χ3v) is 3.51. The molecule has 3 amide bonds. The molecule has 0 spiro atoms. The fourth-order valence-corrected chi connectivity index (χ4v) is 2.53. The van der Waals surface area contributed by atoms with Gasteiger partial charge in [0.25, 0.3) is 0 Å². The minimum atomic E-state index is -2.46. The van der Waals surface area contributed by atoms with Gasteiger partial charge in [-0.3, -0.25) is 4.79 Å². The summed E-state index contributed by atoms with van der Waals surface area (Å²) in [6.45, 7) is 1.73. The number of halogens is 1. The molecule has 2 aliphatic rings. The molecule has 2 bridgehead atoms. The number of amides is 3. The zero-order chi connectivity index (χ0) is 17.1. The number of urea groups is 1. The molecule has 0 radical (unpaired) electrons. The van der Waals surface area contributed by atoms with Crippen LogP contribution in [-0.2, 0) is 23.9 Å². The normalized spacial score (nSPS) is 24.5. The first kappa shape index (κ1) is 17.2. The Morgan fingerprint density at radius 1 is 1.48 bits per heavy atom. The first-order valence-electron chi connectivity index (χ1n) is 6.90. The van der Waals surface area contributed by atoms with Crippen LogP contribution in [0.5, 0.6) is 0 Å². The fraction of sp³-hybridized carbons (Fsp3) is 0.615. The van der Waals surface area contributed by atoms with E-state index >= 15 is 0 Å². The number of primary amides is 1. The number of alkyl halides is 1. The highest BCUT2D eigenvalue weighted by molar-refractivity contribution is 5.90. The number of hydrogen-bond acceptors (Lipinski definition) is 6. The van der Waals surface area contributed by atoms with E-state index in [4.69, 9.17) is 10.6 Å². The van der Waals surface area contributed by atoms with E-state index in [0.29, 0.717) is 10.6 Å². The van der Waals surface area contributed by atoms with Gasteiger partial charge < -0.3 is 20.1 Å². The van der Waals surface area contributed by atoms with Crippen molar-refractivity contribution in [3.63, 3.8) is 0 Å². The van der Waals surface area contributed by atoms with E-state index in [-0.39, 0.29) is 19.8 Å². The van der Waals surface area contributed by atoms with Crippen molar-refractivity contribution in [3.05, 3.63) is 11.6 Å². The van der Waals surface area contributed by atoms with Crippen molar-refractivity contribution in [1.29, 1.82) is 0 Å². The zero-order valence-corrected chi connectivity index (χ0v) is 12.7. The first-order chi connectivity index (χ1) is 10.9. The number of hydrogen-bond donors (Lipinski definition) is 1. The van der Waals surface area contributed by atoms with E-state index < -0.39 is 36.3 Å². The lowest BCUT2D eigenvalue weighted by atomic mass is 10.0. The summed E-state index contributed by atoms with van der Waals surface area (Å²) in [7, 11) is 1.40. The van der Waals surface area contributed by atoms with Gasteiger partial charge in [-0.2, -0.15) is 5.06 Å². The van der Waals surface area contributed by atoms with Crippen molar-refractivity contribution < 1.29 is 33.1 Å². The summed E-state index contributed by atoms with van der Waals surface area (Å²) in [5.41, 5.74) is 5.84. The Morgan fingerprint density at radius 3 is 2.78 bits per heavy atom. The van der Waals surface area contributed by atoms with E-state index in [1.54, 1.807) is 13.0 Å². The van der Waals surface area contributed by atoms with Crippen LogP contribution in [-0.4, -0.2) is 73.2 Å². The number of rotatable bonds is 7. The lowest BCUT2D eigenvalue weighted by Crippen LogP contribution is -2.48. The van der Waals surface area contributed by atoms with Gasteiger partial charge in [-0.15, -0.1) is 0 Å². The number of methoxy groups -OCH3 is 1. The Labute approximate surface area is 131 Å². The standard InChI is InChI=1S/C13H18FN3O6/c1-7-5-8-6-16(9(7)11(15)18)13(20)17(8)23-10(14)12(19)22-4-3-21-2/h5,8-10H,3-4,6H2,1-2H3,(H2,15,18)/t8-,9+,10?/m1/s1. The van der Waals surface area contributed by atoms with E-state index in [1.807, 2.05) is 0 Å². The number of hydroxylamine groups is 2. The highest BCUT2D eigenvalue weighted by Gasteiger charge is 2.48. The SMILES string of the molecule is COCCOC(=O)C(F)ON1C(=O)N2C[C@H]1C=C(C)[C@H]2C(N)=O. The van der Waals surface area contributed by atoms with E-state index in [1.165, 1.54) is 12.0 Å². The molecule has 2 heterocycles. The van der Waals surface area contributed by atoms with Crippen molar-refractivity contribution in [2.75, 3.05) is 26.9 Å². The van der Waals surface area contributed by atoms with E-state index in [0.717, 1.165) is 0 Å². The second-order valence-corrected chi connectivity index (χ2v) is 5.13. The van der Waals surface area contributed by atoms with Crippen LogP contribution in [0.25, 0.3) is 0 Å². The molecule has 0 aromatic heterocycles. The smallest absolute Gasteiger partial charge is 0.371 e. The van der Waals surface area contributed by atoms with Gasteiger partial charge in [-0.05, 0) is 12.5 Å². The third kappa shape index (κ3) is 3.42. The van der Waals surface area contributed by atoms with E-state index in [2.05, 4.69) is 9.47 Å². The van der Waals surface area contributed by atoms with Crippen molar-refractivity contribution in [2.24, 2.45) is 5.73 Å². The van der Waals surface area contributed by atoms with Gasteiger partial charge in [-0.25, -0.2) is 18.8 Å². The van der Waals surface area contributed by atoms with Gasteiger partial charge in [-0.1, -0.05) is 6.08 Å². The zero-order valence-electron chi connectivity index (χ0n) is 12.7. The quantitative estimate of drug-likeness (QED) is 0.376. The van der Waals surface area contributed by atoms with Crippen LogP contribution in [0, 0.1) is 0 Å². The molecule has 23 heavy (non-hydrogen) atoms. The molecular formula is C13H18FN3O6. The summed E-state index contributed by atoms with van der Waals surface area (Å²) in [6, 6.07) is -2.25. The maximum atomic E-state index is 13.8. The van der Waals surface area contributed by atoms with Crippen LogP contribution in [0.3, 0.4) is 0 Å². The second kappa shape index (κ2) is 6.92. The average Bonchev–Trinajstić information content (AvgIpc) is 2.72. The molecule has 0 aromatic carbocycles. The lowest BCUT2D eigenvalue weighted by molar-refractivity contribution is -0.223. The van der Waals surface area contributed by atoms with Gasteiger partial charge in [0.1, 0.15) is 12.6 Å². The molecule has 0 saturated carbocycles. The Balaban J connectivity index is 2.01. The molecule has 10 heteroatoms. The van der Waals surface area contributed by atoms with Crippen LogP contribution < -0.4 is 5.73 Å². The molecule has 3 atom stereocenters. The van der Waals surface area contributed by atoms with Gasteiger partial charge in [0.2, 0.25) is 5.91 Å². The largest absolute Gasteiger partial charge is 0.459 e. The summed E-state index contributed by atoms with van der Waals surface area (Å²) in [4.78, 5) is 41.0. The maximum absolute atomic E-state index is 13.8. The van der Waals surface area contributed by atoms with Crippen LogP contribution in [0.15, 0.2) is 11.6 Å². The number of carbonyl (C=O) groups excluding carboxylic acids is 3. The Morgan fingerprint density at radius 2 is 2.17 bits per heavy atom. The second-order valence-electron chi connectivity index (χ2n) is 5.13. The molecule has 2 rings (SSSR count). The number of fused-ring (bicyclic) bond motifs is 2. The molecule has 9 nitrogen and oxygen atoms in total. The van der Waals surface area contributed by atoms with Crippen LogP contribution in [0.4, 0.5) is 9.18 Å². The van der Waals surface area contributed by atoms with Crippen LogP contribution >= 0.6 is 0 Å². The third-order valence-electron chi connectivity index (χ3n) is 3.51. The fourth-order valence-electron chi connectivity index (χ4n) is 2.53. The van der Waals surface area contributed by atoms with Gasteiger partial charge in [0, 0.05) is 7.11 Å². The highest BCUT2D eigenvalue weighted by atomic mass is 19.1. The minimum Gasteiger partial charge on any atom is -0.459 e. The first-order valence-corrected chi connectivity index (χ1v) is 6.90. The van der Waals surface area contributed by atoms with Gasteiger partial charge in [0.05, 0.1) is 19.2 Å². The van der Waals surface area contributed by atoms with Crippen molar-refractivity contribution in [2.45, 2.75) is 25.4 Å². The summed E-state index contributed by atoms with van der Waals surface area (Å²) >= 11 is 0. The van der Waals surface area contributed by atoms with Crippen molar-refractivity contribution >= 4 is 17.9 Å². The van der Waals surface area contributed by atoms with Crippen molar-refractivity contribution in [1.82, 2.24) is 9.96 Å². The molecule has 2 N–H and O–H groups in total.